The predicted octanol–water partition coefficient (Wildman–Crippen LogP) is 3.89. The van der Waals surface area contributed by atoms with Gasteiger partial charge in [-0.25, -0.2) is 12.8 Å². The minimum atomic E-state index is -4.02. The normalized spacial score (nSPS) is 11.1. The van der Waals surface area contributed by atoms with Crippen LogP contribution >= 0.6 is 0 Å². The molecule has 28 heavy (non-hydrogen) atoms. The van der Waals surface area contributed by atoms with Gasteiger partial charge < -0.3 is 10.4 Å². The Labute approximate surface area is 161 Å². The molecule has 3 aromatic rings. The summed E-state index contributed by atoms with van der Waals surface area (Å²) in [6, 6.07) is 15.7. The Balaban J connectivity index is 1.82. The summed E-state index contributed by atoms with van der Waals surface area (Å²) in [6.45, 7) is 1.53. The maximum absolute atomic E-state index is 13.7. The number of halogens is 1. The maximum atomic E-state index is 13.7. The highest BCUT2D eigenvalue weighted by atomic mass is 32.2. The molecule has 8 heteroatoms. The van der Waals surface area contributed by atoms with E-state index in [0.717, 1.165) is 6.07 Å². The van der Waals surface area contributed by atoms with E-state index in [1.165, 1.54) is 55.5 Å². The third kappa shape index (κ3) is 4.29. The van der Waals surface area contributed by atoms with Crippen LogP contribution in [0.15, 0.2) is 71.6 Å². The van der Waals surface area contributed by atoms with Crippen molar-refractivity contribution in [1.82, 2.24) is 0 Å². The zero-order valence-electron chi connectivity index (χ0n) is 14.8. The van der Waals surface area contributed by atoms with Crippen molar-refractivity contribution in [3.8, 4) is 5.75 Å². The van der Waals surface area contributed by atoms with Gasteiger partial charge in [-0.2, -0.15) is 0 Å². The monoisotopic (exact) mass is 400 g/mol. The van der Waals surface area contributed by atoms with Gasteiger partial charge >= 0.3 is 0 Å². The molecule has 1 amide bonds. The van der Waals surface area contributed by atoms with Crippen molar-refractivity contribution >= 4 is 27.3 Å². The van der Waals surface area contributed by atoms with Crippen molar-refractivity contribution in [1.29, 1.82) is 0 Å². The second-order valence-corrected chi connectivity index (χ2v) is 7.75. The summed E-state index contributed by atoms with van der Waals surface area (Å²) < 4.78 is 41.0. The summed E-state index contributed by atoms with van der Waals surface area (Å²) in [5.74, 6) is -1.24. The summed E-state index contributed by atoms with van der Waals surface area (Å²) in [5.41, 5.74) is 0.889. The van der Waals surface area contributed by atoms with Crippen molar-refractivity contribution in [3.63, 3.8) is 0 Å². The number of hydrogen-bond acceptors (Lipinski definition) is 4. The van der Waals surface area contributed by atoms with Crippen LogP contribution in [0, 0.1) is 12.7 Å². The van der Waals surface area contributed by atoms with Crippen LogP contribution in [-0.4, -0.2) is 19.4 Å². The summed E-state index contributed by atoms with van der Waals surface area (Å²) >= 11 is 0. The van der Waals surface area contributed by atoms with Crippen molar-refractivity contribution < 1.29 is 22.7 Å². The Morgan fingerprint density at radius 3 is 2.46 bits per heavy atom. The molecule has 3 aromatic carbocycles. The Hall–Kier alpha value is -3.39. The van der Waals surface area contributed by atoms with E-state index in [0.29, 0.717) is 5.56 Å². The van der Waals surface area contributed by atoms with Crippen molar-refractivity contribution in [2.45, 2.75) is 11.8 Å². The number of nitrogens with one attached hydrogen (secondary N) is 2. The number of carbonyl (C=O) groups is 1. The smallest absolute Gasteiger partial charge is 0.261 e. The van der Waals surface area contributed by atoms with Crippen molar-refractivity contribution in [2.75, 3.05) is 10.0 Å². The van der Waals surface area contributed by atoms with Gasteiger partial charge in [-0.1, -0.05) is 24.3 Å². The quantitative estimate of drug-likeness (QED) is 0.566. The maximum Gasteiger partial charge on any atom is 0.261 e. The van der Waals surface area contributed by atoms with Crippen LogP contribution in [0.25, 0.3) is 0 Å². The van der Waals surface area contributed by atoms with Crippen LogP contribution in [0.2, 0.25) is 0 Å². The molecule has 144 valence electrons. The van der Waals surface area contributed by atoms with Gasteiger partial charge in [0.1, 0.15) is 11.6 Å². The number of rotatable bonds is 5. The molecule has 3 N–H and O–H groups in total. The molecule has 3 rings (SSSR count). The van der Waals surface area contributed by atoms with E-state index in [1.807, 2.05) is 0 Å². The van der Waals surface area contributed by atoms with Crippen LogP contribution in [-0.2, 0) is 10.0 Å². The first kappa shape index (κ1) is 19.4. The van der Waals surface area contributed by atoms with E-state index in [9.17, 15) is 22.7 Å². The molecule has 6 nitrogen and oxygen atoms in total. The predicted molar refractivity (Wildman–Crippen MR) is 104 cm³/mol. The minimum Gasteiger partial charge on any atom is -0.506 e. The molecule has 0 radical (unpaired) electrons. The summed E-state index contributed by atoms with van der Waals surface area (Å²) in [5, 5.41) is 12.3. The van der Waals surface area contributed by atoms with Crippen LogP contribution < -0.4 is 10.0 Å². The molecule has 0 aliphatic rings. The highest BCUT2D eigenvalue weighted by Gasteiger charge is 2.17. The number of benzene rings is 3. The number of aromatic hydroxyl groups is 1. The third-order valence-corrected chi connectivity index (χ3v) is 5.36. The fourth-order valence-corrected chi connectivity index (χ4v) is 3.51. The Morgan fingerprint density at radius 2 is 1.75 bits per heavy atom. The number of carbonyl (C=O) groups excluding carboxylic acids is 1. The van der Waals surface area contributed by atoms with Gasteiger partial charge in [0, 0.05) is 11.3 Å². The highest BCUT2D eigenvalue weighted by molar-refractivity contribution is 7.92. The Morgan fingerprint density at radius 1 is 1.00 bits per heavy atom. The molecule has 0 aromatic heterocycles. The van der Waals surface area contributed by atoms with E-state index in [1.54, 1.807) is 12.1 Å². The summed E-state index contributed by atoms with van der Waals surface area (Å²) in [7, 11) is -4.02. The molecular formula is C20H17FN2O4S. The van der Waals surface area contributed by atoms with Gasteiger partial charge in [0.2, 0.25) is 0 Å². The SMILES string of the molecule is Cc1ccc(S(=O)(=O)Nc2cccc(C(=O)Nc3ccccc3O)c2)cc1F. The molecule has 0 atom stereocenters. The molecule has 0 heterocycles. The molecule has 0 saturated heterocycles. The first-order valence-electron chi connectivity index (χ1n) is 8.25. The first-order chi connectivity index (χ1) is 13.3. The fraction of sp³-hybridized carbons (Fsp3) is 0.0500. The lowest BCUT2D eigenvalue weighted by molar-refractivity contribution is 0.102. The molecule has 0 spiro atoms. The van der Waals surface area contributed by atoms with Gasteiger partial charge in [0.25, 0.3) is 15.9 Å². The lowest BCUT2D eigenvalue weighted by Gasteiger charge is -2.11. The Bertz CT molecular complexity index is 1150. The lowest BCUT2D eigenvalue weighted by Crippen LogP contribution is -2.15. The number of hydrogen-bond donors (Lipinski definition) is 3. The van der Waals surface area contributed by atoms with Gasteiger partial charge in [0.15, 0.2) is 0 Å². The van der Waals surface area contributed by atoms with Crippen LogP contribution in [0.4, 0.5) is 15.8 Å². The largest absolute Gasteiger partial charge is 0.506 e. The zero-order chi connectivity index (χ0) is 20.3. The third-order valence-electron chi connectivity index (χ3n) is 3.98. The topological polar surface area (TPSA) is 95.5 Å². The minimum absolute atomic E-state index is 0.0888. The van der Waals surface area contributed by atoms with Gasteiger partial charge in [-0.05, 0) is 55.0 Å². The number of phenolic OH excluding ortho intramolecular Hbond substituents is 1. The number of para-hydroxylation sites is 2. The lowest BCUT2D eigenvalue weighted by atomic mass is 10.2. The molecule has 0 fully saturated rings. The first-order valence-corrected chi connectivity index (χ1v) is 9.73. The summed E-state index contributed by atoms with van der Waals surface area (Å²) in [4.78, 5) is 12.2. The second kappa shape index (κ2) is 7.69. The van der Waals surface area contributed by atoms with Gasteiger partial charge in [-0.3, -0.25) is 9.52 Å². The number of sulfonamides is 1. The van der Waals surface area contributed by atoms with Gasteiger partial charge in [0.05, 0.1) is 10.6 Å². The molecule has 0 aliphatic heterocycles. The van der Waals surface area contributed by atoms with Gasteiger partial charge in [-0.15, -0.1) is 0 Å². The van der Waals surface area contributed by atoms with Crippen LogP contribution in [0.5, 0.6) is 5.75 Å². The molecule has 0 aliphatic carbocycles. The average molecular weight is 400 g/mol. The second-order valence-electron chi connectivity index (χ2n) is 6.07. The van der Waals surface area contributed by atoms with Crippen LogP contribution in [0.1, 0.15) is 15.9 Å². The van der Waals surface area contributed by atoms with E-state index >= 15 is 0 Å². The fourth-order valence-electron chi connectivity index (χ4n) is 2.45. The van der Waals surface area contributed by atoms with E-state index in [-0.39, 0.29) is 27.6 Å². The van der Waals surface area contributed by atoms with Crippen molar-refractivity contribution in [3.05, 3.63) is 83.7 Å². The number of phenols is 1. The van der Waals surface area contributed by atoms with E-state index < -0.39 is 21.7 Å². The summed E-state index contributed by atoms with van der Waals surface area (Å²) in [6.07, 6.45) is 0. The number of aryl methyl sites for hydroxylation is 1. The van der Waals surface area contributed by atoms with Crippen molar-refractivity contribution in [2.24, 2.45) is 0 Å². The highest BCUT2D eigenvalue weighted by Crippen LogP contribution is 2.23. The average Bonchev–Trinajstić information content (AvgIpc) is 2.65. The molecule has 0 unspecified atom stereocenters. The molecule has 0 saturated carbocycles. The standard InChI is InChI=1S/C20H17FN2O4S/c1-13-9-10-16(12-17(13)21)28(26,27)23-15-6-4-5-14(11-15)20(25)22-18-7-2-3-8-19(18)24/h2-12,23-24H,1H3,(H,22,25). The van der Waals surface area contributed by atoms with E-state index in [2.05, 4.69) is 10.0 Å². The number of amides is 1. The molecular weight excluding hydrogens is 383 g/mol. The van der Waals surface area contributed by atoms with Crippen LogP contribution in [0.3, 0.4) is 0 Å². The zero-order valence-corrected chi connectivity index (χ0v) is 15.6. The Kier molecular flexibility index (Phi) is 5.32. The molecule has 0 bridgehead atoms. The number of anilines is 2. The van der Waals surface area contributed by atoms with E-state index in [4.69, 9.17) is 0 Å².